The van der Waals surface area contributed by atoms with Gasteiger partial charge in [0, 0.05) is 51.2 Å². The number of nitrogens with zero attached hydrogens (tertiary/aromatic N) is 3. The van der Waals surface area contributed by atoms with Gasteiger partial charge in [-0.05, 0) is 25.8 Å². The molecule has 0 aromatic rings. The van der Waals surface area contributed by atoms with Crippen LogP contribution >= 0.6 is 24.0 Å². The Balaban J connectivity index is 0.00000280. The predicted molar refractivity (Wildman–Crippen MR) is 125 cm³/mol. The summed E-state index contributed by atoms with van der Waals surface area (Å²) in [7, 11) is 0. The summed E-state index contributed by atoms with van der Waals surface area (Å²) in [5.41, 5.74) is 6.48. The average Bonchev–Trinajstić information content (AvgIpc) is 2.72. The van der Waals surface area contributed by atoms with Crippen LogP contribution in [0.25, 0.3) is 0 Å². The molecule has 7 nitrogen and oxygen atoms in total. The number of aliphatic imine (C=N–C) groups is 1. The summed E-state index contributed by atoms with van der Waals surface area (Å²) in [5, 5.41) is 3.32. The van der Waals surface area contributed by atoms with Crippen LogP contribution in [0.2, 0.25) is 0 Å². The molecule has 3 N–H and O–H groups in total. The first kappa shape index (κ1) is 24.1. The van der Waals surface area contributed by atoms with Gasteiger partial charge < -0.3 is 20.5 Å². The highest BCUT2D eigenvalue weighted by Crippen LogP contribution is 2.37. The Hall–Kier alpha value is -0.160. The maximum absolute atomic E-state index is 6.17. The highest BCUT2D eigenvalue weighted by Gasteiger charge is 2.34. The van der Waals surface area contributed by atoms with Crippen LogP contribution in [0.5, 0.6) is 0 Å². The molecule has 1 aliphatic carbocycles. The zero-order valence-electron chi connectivity index (χ0n) is 17.4. The third-order valence-corrected chi connectivity index (χ3v) is 6.22. The lowest BCUT2D eigenvalue weighted by molar-refractivity contribution is 0.00938. The number of hydrogen-bond donors (Lipinski definition) is 2. The number of hydrogen-bond acceptors (Lipinski definition) is 5. The Kier molecular flexibility index (Phi) is 11.4. The standard InChI is InChI=1S/C20H39N5O2.HI/c21-19(22-7-4-8-24-9-13-26-14-10-24)23-17-20(5-2-1-3-6-20)18-25-11-15-27-16-12-25;/h1-18H2,(H3,21,22,23);1H. The van der Waals surface area contributed by atoms with E-state index in [0.29, 0.717) is 11.4 Å². The van der Waals surface area contributed by atoms with E-state index in [1.54, 1.807) is 0 Å². The lowest BCUT2D eigenvalue weighted by Gasteiger charge is -2.41. The van der Waals surface area contributed by atoms with Crippen molar-refractivity contribution in [2.45, 2.75) is 38.5 Å². The van der Waals surface area contributed by atoms with E-state index in [0.717, 1.165) is 85.2 Å². The fourth-order valence-electron chi connectivity index (χ4n) is 4.55. The highest BCUT2D eigenvalue weighted by molar-refractivity contribution is 14.0. The van der Waals surface area contributed by atoms with Crippen LogP contribution in [0, 0.1) is 5.41 Å². The highest BCUT2D eigenvalue weighted by atomic mass is 127. The number of nitrogens with one attached hydrogen (secondary N) is 1. The Labute approximate surface area is 187 Å². The van der Waals surface area contributed by atoms with Gasteiger partial charge in [0.25, 0.3) is 0 Å². The van der Waals surface area contributed by atoms with Crippen LogP contribution in [0.3, 0.4) is 0 Å². The molecule has 0 aromatic carbocycles. The van der Waals surface area contributed by atoms with Crippen molar-refractivity contribution >= 4 is 29.9 Å². The first-order valence-electron chi connectivity index (χ1n) is 10.9. The predicted octanol–water partition coefficient (Wildman–Crippen LogP) is 1.51. The van der Waals surface area contributed by atoms with Gasteiger partial charge in [-0.25, -0.2) is 0 Å². The van der Waals surface area contributed by atoms with Crippen molar-refractivity contribution in [2.24, 2.45) is 16.1 Å². The van der Waals surface area contributed by atoms with E-state index in [9.17, 15) is 0 Å². The summed E-state index contributed by atoms with van der Waals surface area (Å²) in [6.45, 7) is 11.7. The molecule has 0 atom stereocenters. The Morgan fingerprint density at radius 1 is 0.929 bits per heavy atom. The third kappa shape index (κ3) is 8.30. The second kappa shape index (κ2) is 13.2. The molecule has 0 radical (unpaired) electrons. The summed E-state index contributed by atoms with van der Waals surface area (Å²) >= 11 is 0. The van der Waals surface area contributed by atoms with Crippen molar-refractivity contribution in [1.82, 2.24) is 15.1 Å². The zero-order chi connectivity index (χ0) is 18.8. The Morgan fingerprint density at radius 3 is 2.18 bits per heavy atom. The second-order valence-corrected chi connectivity index (χ2v) is 8.38. The normalized spacial score (nSPS) is 24.5. The van der Waals surface area contributed by atoms with Gasteiger partial charge in [0.2, 0.25) is 0 Å². The summed E-state index contributed by atoms with van der Waals surface area (Å²) in [4.78, 5) is 9.78. The summed E-state index contributed by atoms with van der Waals surface area (Å²) < 4.78 is 10.9. The first-order chi connectivity index (χ1) is 13.3. The lowest BCUT2D eigenvalue weighted by Crippen LogP contribution is -2.46. The van der Waals surface area contributed by atoms with Crippen LogP contribution in [-0.4, -0.2) is 94.5 Å². The molecule has 2 saturated heterocycles. The molecular formula is C20H40IN5O2. The molecular weight excluding hydrogens is 469 g/mol. The number of rotatable bonds is 8. The zero-order valence-corrected chi connectivity index (χ0v) is 19.7. The molecule has 3 aliphatic rings. The van der Waals surface area contributed by atoms with Gasteiger partial charge in [-0.1, -0.05) is 19.3 Å². The molecule has 28 heavy (non-hydrogen) atoms. The molecule has 164 valence electrons. The van der Waals surface area contributed by atoms with E-state index in [4.69, 9.17) is 20.2 Å². The largest absolute Gasteiger partial charge is 0.379 e. The molecule has 8 heteroatoms. The fraction of sp³-hybridized carbons (Fsp3) is 0.950. The molecule has 0 spiro atoms. The van der Waals surface area contributed by atoms with Gasteiger partial charge >= 0.3 is 0 Å². The Morgan fingerprint density at radius 2 is 1.54 bits per heavy atom. The first-order valence-corrected chi connectivity index (χ1v) is 10.9. The third-order valence-electron chi connectivity index (χ3n) is 6.22. The molecule has 0 bridgehead atoms. The van der Waals surface area contributed by atoms with E-state index in [1.165, 1.54) is 32.1 Å². The van der Waals surface area contributed by atoms with Crippen LogP contribution in [0.1, 0.15) is 38.5 Å². The smallest absolute Gasteiger partial charge is 0.188 e. The molecule has 2 heterocycles. The monoisotopic (exact) mass is 509 g/mol. The minimum Gasteiger partial charge on any atom is -0.379 e. The van der Waals surface area contributed by atoms with Crippen LogP contribution in [0.4, 0.5) is 0 Å². The fourth-order valence-corrected chi connectivity index (χ4v) is 4.55. The van der Waals surface area contributed by atoms with E-state index in [2.05, 4.69) is 15.1 Å². The Bertz CT molecular complexity index is 448. The SMILES string of the molecule is I.NC(=NCC1(CN2CCOCC2)CCCCC1)NCCCN1CCOCC1. The summed E-state index contributed by atoms with van der Waals surface area (Å²) in [6.07, 6.45) is 7.66. The van der Waals surface area contributed by atoms with Crippen LogP contribution in [-0.2, 0) is 9.47 Å². The maximum Gasteiger partial charge on any atom is 0.188 e. The molecule has 2 aliphatic heterocycles. The number of ether oxygens (including phenoxy) is 2. The van der Waals surface area contributed by atoms with Crippen molar-refractivity contribution in [1.29, 1.82) is 0 Å². The van der Waals surface area contributed by atoms with E-state index in [-0.39, 0.29) is 24.0 Å². The topological polar surface area (TPSA) is 75.3 Å². The van der Waals surface area contributed by atoms with Gasteiger partial charge in [-0.2, -0.15) is 0 Å². The number of morpholine rings is 2. The van der Waals surface area contributed by atoms with Crippen molar-refractivity contribution in [3.63, 3.8) is 0 Å². The molecule has 0 unspecified atom stereocenters. The number of guanidine groups is 1. The van der Waals surface area contributed by atoms with Gasteiger partial charge in [0.15, 0.2) is 5.96 Å². The molecule has 0 aromatic heterocycles. The molecule has 0 amide bonds. The second-order valence-electron chi connectivity index (χ2n) is 8.38. The van der Waals surface area contributed by atoms with Crippen molar-refractivity contribution < 1.29 is 9.47 Å². The van der Waals surface area contributed by atoms with Gasteiger partial charge in [-0.3, -0.25) is 14.8 Å². The van der Waals surface area contributed by atoms with Crippen molar-refractivity contribution in [3.05, 3.63) is 0 Å². The van der Waals surface area contributed by atoms with Gasteiger partial charge in [0.1, 0.15) is 0 Å². The summed E-state index contributed by atoms with van der Waals surface area (Å²) in [6, 6.07) is 0. The lowest BCUT2D eigenvalue weighted by atomic mass is 9.73. The van der Waals surface area contributed by atoms with E-state index in [1.807, 2.05) is 0 Å². The average molecular weight is 509 g/mol. The van der Waals surface area contributed by atoms with Gasteiger partial charge in [-0.15, -0.1) is 24.0 Å². The number of nitrogens with two attached hydrogens (primary N) is 1. The summed E-state index contributed by atoms with van der Waals surface area (Å²) in [5.74, 6) is 0.615. The van der Waals surface area contributed by atoms with E-state index < -0.39 is 0 Å². The molecule has 3 fully saturated rings. The molecule has 1 saturated carbocycles. The minimum atomic E-state index is 0. The molecule has 3 rings (SSSR count). The van der Waals surface area contributed by atoms with Gasteiger partial charge in [0.05, 0.1) is 26.4 Å². The van der Waals surface area contributed by atoms with Crippen molar-refractivity contribution in [2.75, 3.05) is 78.8 Å². The maximum atomic E-state index is 6.17. The quantitative estimate of drug-likeness (QED) is 0.224. The number of halogens is 1. The van der Waals surface area contributed by atoms with E-state index >= 15 is 0 Å². The van der Waals surface area contributed by atoms with Crippen LogP contribution < -0.4 is 11.1 Å². The minimum absolute atomic E-state index is 0. The van der Waals surface area contributed by atoms with Crippen molar-refractivity contribution in [3.8, 4) is 0 Å². The van der Waals surface area contributed by atoms with Crippen LogP contribution in [0.15, 0.2) is 4.99 Å².